The summed E-state index contributed by atoms with van der Waals surface area (Å²) in [6, 6.07) is 8.85. The van der Waals surface area contributed by atoms with Crippen LogP contribution in [-0.2, 0) is 6.42 Å². The summed E-state index contributed by atoms with van der Waals surface area (Å²) in [7, 11) is 0. The number of hydrogen-bond donors (Lipinski definition) is 0. The maximum absolute atomic E-state index is 4.85. The van der Waals surface area contributed by atoms with Crippen LogP contribution in [0, 0.1) is 0 Å². The molecule has 1 aliphatic heterocycles. The highest BCUT2D eigenvalue weighted by molar-refractivity contribution is 5.76. The van der Waals surface area contributed by atoms with Crippen LogP contribution in [-0.4, -0.2) is 32.6 Å². The first-order valence-corrected chi connectivity index (χ1v) is 8.70. The van der Waals surface area contributed by atoms with Crippen molar-refractivity contribution in [3.63, 3.8) is 0 Å². The van der Waals surface area contributed by atoms with Crippen LogP contribution in [0.15, 0.2) is 36.7 Å². The molecule has 0 spiro atoms. The molecule has 0 bridgehead atoms. The first-order chi connectivity index (χ1) is 11.7. The van der Waals surface area contributed by atoms with Crippen LogP contribution < -0.4 is 4.90 Å². The summed E-state index contributed by atoms with van der Waals surface area (Å²) in [5.74, 6) is 2.41. The summed E-state index contributed by atoms with van der Waals surface area (Å²) in [6.07, 6.45) is 4.84. The highest BCUT2D eigenvalue weighted by Gasteiger charge is 2.33. The van der Waals surface area contributed by atoms with Crippen molar-refractivity contribution >= 4 is 17.0 Å². The van der Waals surface area contributed by atoms with Gasteiger partial charge in [0.05, 0.1) is 17.1 Å². The molecule has 0 saturated carbocycles. The van der Waals surface area contributed by atoms with E-state index in [1.807, 2.05) is 12.4 Å². The second kappa shape index (κ2) is 5.89. The molecule has 124 valence electrons. The molecule has 0 unspecified atom stereocenters. The van der Waals surface area contributed by atoms with Crippen LogP contribution in [0.4, 0.5) is 5.95 Å². The number of rotatable bonds is 4. The van der Waals surface area contributed by atoms with Crippen molar-refractivity contribution in [2.24, 2.45) is 0 Å². The van der Waals surface area contributed by atoms with Gasteiger partial charge in [-0.05, 0) is 24.1 Å². The van der Waals surface area contributed by atoms with Crippen molar-refractivity contribution in [1.82, 2.24) is 19.5 Å². The maximum Gasteiger partial charge on any atom is 0.225 e. The molecule has 2 aromatic heterocycles. The van der Waals surface area contributed by atoms with Gasteiger partial charge in [0.2, 0.25) is 5.95 Å². The van der Waals surface area contributed by atoms with Crippen molar-refractivity contribution in [1.29, 1.82) is 0 Å². The van der Waals surface area contributed by atoms with Crippen LogP contribution in [0.25, 0.3) is 11.0 Å². The van der Waals surface area contributed by atoms with Crippen molar-refractivity contribution in [2.75, 3.05) is 18.0 Å². The lowest BCUT2D eigenvalue weighted by Crippen LogP contribution is -2.49. The lowest BCUT2D eigenvalue weighted by molar-refractivity contribution is 0.387. The molecule has 0 amide bonds. The van der Waals surface area contributed by atoms with Gasteiger partial charge in [0.1, 0.15) is 5.82 Å². The minimum Gasteiger partial charge on any atom is -0.337 e. The molecule has 1 aliphatic rings. The minimum absolute atomic E-state index is 0.409. The second-order valence-corrected chi connectivity index (χ2v) is 6.79. The van der Waals surface area contributed by atoms with Gasteiger partial charge in [-0.1, -0.05) is 32.9 Å². The predicted octanol–water partition coefficient (Wildman–Crippen LogP) is 3.57. The third-order valence-corrected chi connectivity index (χ3v) is 4.75. The van der Waals surface area contributed by atoms with Gasteiger partial charge in [-0.15, -0.1) is 0 Å². The van der Waals surface area contributed by atoms with E-state index >= 15 is 0 Å². The molecule has 0 N–H and O–H groups in total. The fourth-order valence-electron chi connectivity index (χ4n) is 3.33. The molecule has 0 radical (unpaired) electrons. The van der Waals surface area contributed by atoms with E-state index in [1.54, 1.807) is 0 Å². The summed E-state index contributed by atoms with van der Waals surface area (Å²) < 4.78 is 2.41. The van der Waals surface area contributed by atoms with Gasteiger partial charge in [0, 0.05) is 31.4 Å². The molecule has 5 nitrogen and oxygen atoms in total. The average molecular weight is 321 g/mol. The smallest absolute Gasteiger partial charge is 0.225 e. The number of aryl methyl sites for hydroxylation is 1. The zero-order valence-electron chi connectivity index (χ0n) is 14.5. The molecular formula is C19H23N5. The van der Waals surface area contributed by atoms with Crippen LogP contribution in [0.5, 0.6) is 0 Å². The summed E-state index contributed by atoms with van der Waals surface area (Å²) in [5, 5.41) is 0. The quantitative estimate of drug-likeness (QED) is 0.737. The van der Waals surface area contributed by atoms with Crippen molar-refractivity contribution in [3.8, 4) is 0 Å². The fourth-order valence-corrected chi connectivity index (χ4v) is 3.33. The molecular weight excluding hydrogens is 298 g/mol. The Hall–Kier alpha value is -2.43. The van der Waals surface area contributed by atoms with E-state index in [4.69, 9.17) is 4.98 Å². The molecule has 24 heavy (non-hydrogen) atoms. The zero-order valence-corrected chi connectivity index (χ0v) is 14.5. The zero-order chi connectivity index (χ0) is 16.7. The number of fused-ring (bicyclic) bond motifs is 1. The summed E-state index contributed by atoms with van der Waals surface area (Å²) >= 11 is 0. The lowest BCUT2D eigenvalue weighted by Gasteiger charge is -2.41. The second-order valence-electron chi connectivity index (χ2n) is 6.79. The SMILES string of the molecule is CCc1cnc(N2CC(n3c(C(C)C)nc4ccccc43)C2)nc1. The van der Waals surface area contributed by atoms with Crippen molar-refractivity contribution in [2.45, 2.75) is 39.2 Å². The normalized spacial score (nSPS) is 15.2. The molecule has 1 saturated heterocycles. The van der Waals surface area contributed by atoms with Gasteiger partial charge >= 0.3 is 0 Å². The number of imidazole rings is 1. The molecule has 1 fully saturated rings. The Morgan fingerprint density at radius 2 is 1.83 bits per heavy atom. The Morgan fingerprint density at radius 1 is 1.12 bits per heavy atom. The van der Waals surface area contributed by atoms with E-state index in [0.717, 1.165) is 31.0 Å². The third kappa shape index (κ3) is 2.44. The van der Waals surface area contributed by atoms with Gasteiger partial charge in [-0.25, -0.2) is 15.0 Å². The molecule has 0 aliphatic carbocycles. The van der Waals surface area contributed by atoms with Gasteiger partial charge in [0.15, 0.2) is 0 Å². The van der Waals surface area contributed by atoms with E-state index in [0.29, 0.717) is 12.0 Å². The van der Waals surface area contributed by atoms with Gasteiger partial charge in [0.25, 0.3) is 0 Å². The van der Waals surface area contributed by atoms with Crippen LogP contribution in [0.2, 0.25) is 0 Å². The van der Waals surface area contributed by atoms with E-state index < -0.39 is 0 Å². The molecule has 0 atom stereocenters. The predicted molar refractivity (Wildman–Crippen MR) is 96.5 cm³/mol. The summed E-state index contributed by atoms with van der Waals surface area (Å²) in [4.78, 5) is 16.1. The number of hydrogen-bond acceptors (Lipinski definition) is 4. The topological polar surface area (TPSA) is 46.8 Å². The van der Waals surface area contributed by atoms with E-state index in [9.17, 15) is 0 Å². The monoisotopic (exact) mass is 321 g/mol. The summed E-state index contributed by atoms with van der Waals surface area (Å²) in [5.41, 5.74) is 3.50. The Labute approximate surface area is 142 Å². The van der Waals surface area contributed by atoms with Crippen molar-refractivity contribution in [3.05, 3.63) is 48.0 Å². The van der Waals surface area contributed by atoms with Gasteiger partial charge in [-0.2, -0.15) is 0 Å². The Morgan fingerprint density at radius 3 is 2.50 bits per heavy atom. The highest BCUT2D eigenvalue weighted by atomic mass is 15.3. The third-order valence-electron chi connectivity index (χ3n) is 4.75. The number of nitrogens with zero attached hydrogens (tertiary/aromatic N) is 5. The largest absolute Gasteiger partial charge is 0.337 e. The fraction of sp³-hybridized carbons (Fsp3) is 0.421. The minimum atomic E-state index is 0.409. The molecule has 3 heterocycles. The van der Waals surface area contributed by atoms with Crippen LogP contribution >= 0.6 is 0 Å². The van der Waals surface area contributed by atoms with Gasteiger partial charge < -0.3 is 9.47 Å². The van der Waals surface area contributed by atoms with Crippen LogP contribution in [0.1, 0.15) is 44.1 Å². The Bertz CT molecular complexity index is 844. The number of benzene rings is 1. The molecule has 1 aromatic carbocycles. The average Bonchev–Trinajstić information content (AvgIpc) is 2.94. The lowest BCUT2D eigenvalue weighted by atomic mass is 10.1. The Kier molecular flexibility index (Phi) is 3.71. The molecule has 5 heteroatoms. The maximum atomic E-state index is 4.85. The van der Waals surface area contributed by atoms with E-state index in [2.05, 4.69) is 64.5 Å². The van der Waals surface area contributed by atoms with E-state index in [1.165, 1.54) is 16.9 Å². The summed E-state index contributed by atoms with van der Waals surface area (Å²) in [6.45, 7) is 8.41. The first kappa shape index (κ1) is 15.1. The molecule has 3 aromatic rings. The number of aromatic nitrogens is 4. The first-order valence-electron chi connectivity index (χ1n) is 8.70. The van der Waals surface area contributed by atoms with E-state index in [-0.39, 0.29) is 0 Å². The number of para-hydroxylation sites is 2. The van der Waals surface area contributed by atoms with Gasteiger partial charge in [-0.3, -0.25) is 0 Å². The Balaban J connectivity index is 1.60. The number of anilines is 1. The standard InChI is InChI=1S/C19H23N5/c1-4-14-9-20-19(21-10-14)23-11-15(12-23)24-17-8-6-5-7-16(17)22-18(24)13(2)3/h5-10,13,15H,4,11-12H2,1-3H3. The van der Waals surface area contributed by atoms with Crippen LogP contribution in [0.3, 0.4) is 0 Å². The highest BCUT2D eigenvalue weighted by Crippen LogP contribution is 2.32. The molecule has 4 rings (SSSR count). The van der Waals surface area contributed by atoms with Crippen molar-refractivity contribution < 1.29 is 0 Å².